The molecule has 2 aromatic rings. The van der Waals surface area contributed by atoms with Crippen molar-refractivity contribution >= 4 is 23.2 Å². The van der Waals surface area contributed by atoms with Gasteiger partial charge in [0.05, 0.1) is 10.6 Å². The molecule has 0 aliphatic rings. The number of nitrogens with zero attached hydrogens (tertiary/aromatic N) is 2. The molecule has 0 aliphatic heterocycles. The van der Waals surface area contributed by atoms with Crippen LogP contribution in [0, 0.1) is 0 Å². The number of rotatable bonds is 2. The van der Waals surface area contributed by atoms with E-state index in [1.807, 2.05) is 0 Å². The summed E-state index contributed by atoms with van der Waals surface area (Å²) in [5.74, 6) is -0.555. The molecule has 0 spiro atoms. The molecule has 106 valence electrons. The number of hydrogen-bond acceptors (Lipinski definition) is 2. The highest BCUT2D eigenvalue weighted by molar-refractivity contribution is 6.31. The number of hydrogen-bond donors (Lipinski definition) is 1. The number of benzene rings is 1. The fourth-order valence-electron chi connectivity index (χ4n) is 1.61. The lowest BCUT2D eigenvalue weighted by atomic mass is 10.2. The highest BCUT2D eigenvalue weighted by Crippen LogP contribution is 2.36. The molecule has 0 bridgehead atoms. The Bertz CT molecular complexity index is 652. The fourth-order valence-corrected chi connectivity index (χ4v) is 1.84. The lowest BCUT2D eigenvalue weighted by Gasteiger charge is -2.11. The van der Waals surface area contributed by atoms with Crippen molar-refractivity contribution in [2.45, 2.75) is 6.18 Å². The van der Waals surface area contributed by atoms with Crippen LogP contribution in [0.25, 0.3) is 0 Å². The minimum atomic E-state index is -4.58. The molecule has 0 saturated heterocycles. The molecular formula is C12H9ClF3N3O. The van der Waals surface area contributed by atoms with Crippen LogP contribution in [0.3, 0.4) is 0 Å². The van der Waals surface area contributed by atoms with E-state index in [1.165, 1.54) is 23.0 Å². The van der Waals surface area contributed by atoms with Crippen LogP contribution in [-0.2, 0) is 13.2 Å². The second kappa shape index (κ2) is 5.16. The summed E-state index contributed by atoms with van der Waals surface area (Å²) in [6.45, 7) is 0. The number of anilines is 1. The summed E-state index contributed by atoms with van der Waals surface area (Å²) in [4.78, 5) is 11.9. The van der Waals surface area contributed by atoms with Crippen LogP contribution in [0.1, 0.15) is 16.1 Å². The fraction of sp³-hybridized carbons (Fsp3) is 0.167. The first-order valence-corrected chi connectivity index (χ1v) is 5.83. The zero-order valence-corrected chi connectivity index (χ0v) is 11.0. The number of amides is 1. The van der Waals surface area contributed by atoms with E-state index in [0.717, 1.165) is 12.1 Å². The van der Waals surface area contributed by atoms with Crippen molar-refractivity contribution in [1.82, 2.24) is 9.78 Å². The molecule has 0 fully saturated rings. The van der Waals surface area contributed by atoms with Gasteiger partial charge in [-0.1, -0.05) is 11.6 Å². The molecule has 1 aromatic heterocycles. The third kappa shape index (κ3) is 2.93. The van der Waals surface area contributed by atoms with Gasteiger partial charge in [-0.2, -0.15) is 18.3 Å². The molecule has 20 heavy (non-hydrogen) atoms. The molecule has 0 atom stereocenters. The zero-order chi connectivity index (χ0) is 14.9. The first-order valence-electron chi connectivity index (χ1n) is 5.45. The second-order valence-electron chi connectivity index (χ2n) is 3.99. The van der Waals surface area contributed by atoms with Crippen LogP contribution >= 0.6 is 11.6 Å². The van der Waals surface area contributed by atoms with Crippen molar-refractivity contribution in [1.29, 1.82) is 0 Å². The maximum absolute atomic E-state index is 12.7. The van der Waals surface area contributed by atoms with Gasteiger partial charge >= 0.3 is 6.18 Å². The number of alkyl halides is 3. The summed E-state index contributed by atoms with van der Waals surface area (Å²) >= 11 is 5.50. The van der Waals surface area contributed by atoms with Crippen molar-refractivity contribution in [2.75, 3.05) is 5.32 Å². The number of carbonyl (C=O) groups is 1. The Balaban J connectivity index is 2.27. The standard InChI is InChI=1S/C12H9ClF3N3O/c1-19-10(4-5-17-19)11(20)18-7-2-3-9(13)8(6-7)12(14,15)16/h2-6H,1H3,(H,18,20). The largest absolute Gasteiger partial charge is 0.417 e. The molecule has 0 unspecified atom stereocenters. The lowest BCUT2D eigenvalue weighted by Crippen LogP contribution is -2.16. The lowest BCUT2D eigenvalue weighted by molar-refractivity contribution is -0.137. The van der Waals surface area contributed by atoms with Gasteiger partial charge in [0.25, 0.3) is 5.91 Å². The van der Waals surface area contributed by atoms with Crippen LogP contribution in [0.5, 0.6) is 0 Å². The van der Waals surface area contributed by atoms with Crippen LogP contribution in [0.2, 0.25) is 5.02 Å². The molecule has 1 aromatic carbocycles. The number of aromatic nitrogens is 2. The summed E-state index contributed by atoms with van der Waals surface area (Å²) in [5.41, 5.74) is -0.761. The first-order chi connectivity index (χ1) is 9.29. The first kappa shape index (κ1) is 14.4. The van der Waals surface area contributed by atoms with Crippen molar-refractivity contribution in [3.05, 3.63) is 46.7 Å². The molecule has 0 saturated carbocycles. The Labute approximate surface area is 117 Å². The normalized spacial score (nSPS) is 11.4. The summed E-state index contributed by atoms with van der Waals surface area (Å²) in [6, 6.07) is 4.63. The minimum absolute atomic E-state index is 0.00734. The van der Waals surface area contributed by atoms with Crippen LogP contribution < -0.4 is 5.32 Å². The minimum Gasteiger partial charge on any atom is -0.321 e. The topological polar surface area (TPSA) is 46.9 Å². The Morgan fingerprint density at radius 2 is 2.05 bits per heavy atom. The molecule has 1 N–H and O–H groups in total. The summed E-state index contributed by atoms with van der Waals surface area (Å²) < 4.78 is 39.4. The van der Waals surface area contributed by atoms with Crippen molar-refractivity contribution < 1.29 is 18.0 Å². The highest BCUT2D eigenvalue weighted by atomic mass is 35.5. The van der Waals surface area contributed by atoms with Gasteiger partial charge in [0.15, 0.2) is 0 Å². The van der Waals surface area contributed by atoms with Gasteiger partial charge in [-0.25, -0.2) is 0 Å². The molecule has 1 amide bonds. The number of nitrogens with one attached hydrogen (secondary N) is 1. The zero-order valence-electron chi connectivity index (χ0n) is 10.2. The van der Waals surface area contributed by atoms with Gasteiger partial charge in [0.2, 0.25) is 0 Å². The van der Waals surface area contributed by atoms with E-state index in [0.29, 0.717) is 0 Å². The third-order valence-electron chi connectivity index (χ3n) is 2.58. The molecular weight excluding hydrogens is 295 g/mol. The van der Waals surface area contributed by atoms with Gasteiger partial charge in [-0.15, -0.1) is 0 Å². The van der Waals surface area contributed by atoms with Gasteiger partial charge < -0.3 is 5.32 Å². The number of halogens is 4. The Morgan fingerprint density at radius 1 is 1.35 bits per heavy atom. The Morgan fingerprint density at radius 3 is 2.60 bits per heavy atom. The highest BCUT2D eigenvalue weighted by Gasteiger charge is 2.33. The molecule has 2 rings (SSSR count). The smallest absolute Gasteiger partial charge is 0.321 e. The van der Waals surface area contributed by atoms with E-state index in [-0.39, 0.29) is 11.4 Å². The third-order valence-corrected chi connectivity index (χ3v) is 2.91. The molecule has 0 aliphatic carbocycles. The Kier molecular flexibility index (Phi) is 3.71. The van der Waals surface area contributed by atoms with E-state index in [1.54, 1.807) is 7.05 Å². The van der Waals surface area contributed by atoms with Gasteiger partial charge in [-0.3, -0.25) is 9.48 Å². The second-order valence-corrected chi connectivity index (χ2v) is 4.39. The average Bonchev–Trinajstić information content (AvgIpc) is 2.76. The van der Waals surface area contributed by atoms with Gasteiger partial charge in [-0.05, 0) is 24.3 Å². The van der Waals surface area contributed by atoms with E-state index in [4.69, 9.17) is 11.6 Å². The molecule has 1 heterocycles. The maximum atomic E-state index is 12.7. The summed E-state index contributed by atoms with van der Waals surface area (Å²) in [6.07, 6.45) is -3.16. The molecule has 4 nitrogen and oxygen atoms in total. The monoisotopic (exact) mass is 303 g/mol. The van der Waals surface area contributed by atoms with Crippen LogP contribution in [-0.4, -0.2) is 15.7 Å². The maximum Gasteiger partial charge on any atom is 0.417 e. The molecule has 8 heteroatoms. The van der Waals surface area contributed by atoms with E-state index in [9.17, 15) is 18.0 Å². The Hall–Kier alpha value is -2.02. The quantitative estimate of drug-likeness (QED) is 0.925. The van der Waals surface area contributed by atoms with E-state index >= 15 is 0 Å². The predicted molar refractivity (Wildman–Crippen MR) is 67.6 cm³/mol. The molecule has 0 radical (unpaired) electrons. The summed E-state index contributed by atoms with van der Waals surface area (Å²) in [5, 5.41) is 5.75. The van der Waals surface area contributed by atoms with Crippen molar-refractivity contribution in [2.24, 2.45) is 7.05 Å². The number of aryl methyl sites for hydroxylation is 1. The van der Waals surface area contributed by atoms with E-state index < -0.39 is 22.7 Å². The van der Waals surface area contributed by atoms with Crippen LogP contribution in [0.15, 0.2) is 30.5 Å². The predicted octanol–water partition coefficient (Wildman–Crippen LogP) is 3.34. The number of carbonyl (C=O) groups excluding carboxylic acids is 1. The van der Waals surface area contributed by atoms with Crippen molar-refractivity contribution in [3.8, 4) is 0 Å². The van der Waals surface area contributed by atoms with Gasteiger partial charge in [0.1, 0.15) is 5.69 Å². The average molecular weight is 304 g/mol. The van der Waals surface area contributed by atoms with Crippen molar-refractivity contribution in [3.63, 3.8) is 0 Å². The summed E-state index contributed by atoms with van der Waals surface area (Å²) in [7, 11) is 1.55. The van der Waals surface area contributed by atoms with Crippen LogP contribution in [0.4, 0.5) is 18.9 Å². The SMILES string of the molecule is Cn1nccc1C(=O)Nc1ccc(Cl)c(C(F)(F)F)c1. The van der Waals surface area contributed by atoms with E-state index in [2.05, 4.69) is 10.4 Å². The van der Waals surface area contributed by atoms with Gasteiger partial charge in [0, 0.05) is 18.9 Å².